The minimum Gasteiger partial charge on any atom is -0.444 e. The van der Waals surface area contributed by atoms with Gasteiger partial charge >= 0.3 is 6.09 Å². The highest BCUT2D eigenvalue weighted by Gasteiger charge is 2.30. The van der Waals surface area contributed by atoms with Crippen molar-refractivity contribution in [2.75, 3.05) is 19.6 Å². The lowest BCUT2D eigenvalue weighted by Gasteiger charge is -2.40. The van der Waals surface area contributed by atoms with Crippen LogP contribution in [0, 0.1) is 13.8 Å². The Balaban J connectivity index is 2.06. The second-order valence-corrected chi connectivity index (χ2v) is 8.51. The maximum absolute atomic E-state index is 12.4. The van der Waals surface area contributed by atoms with Crippen LogP contribution in [0.4, 0.5) is 10.5 Å². The number of piperazine rings is 1. The van der Waals surface area contributed by atoms with Gasteiger partial charge in [0.05, 0.1) is 5.69 Å². The molecule has 1 saturated heterocycles. The fraction of sp³-hybridized carbons (Fsp3) is 0.571. The maximum Gasteiger partial charge on any atom is 0.410 e. The summed E-state index contributed by atoms with van der Waals surface area (Å²) in [6.07, 6.45) is 1.43. The highest BCUT2D eigenvalue weighted by Crippen LogP contribution is 2.26. The van der Waals surface area contributed by atoms with Gasteiger partial charge in [-0.05, 0) is 64.3 Å². The molecule has 0 aliphatic carbocycles. The fourth-order valence-electron chi connectivity index (χ4n) is 3.33. The molecule has 1 fully saturated rings. The molecule has 1 aromatic rings. The van der Waals surface area contributed by atoms with E-state index in [1.807, 2.05) is 25.7 Å². The summed E-state index contributed by atoms with van der Waals surface area (Å²) in [5.41, 5.74) is 4.13. The summed E-state index contributed by atoms with van der Waals surface area (Å²) < 4.78 is 5.53. The first kappa shape index (κ1) is 21.5. The molecule has 1 aromatic carbocycles. The molecule has 148 valence electrons. The van der Waals surface area contributed by atoms with Crippen LogP contribution in [0.25, 0.3) is 0 Å². The zero-order chi connectivity index (χ0) is 20.2. The molecule has 0 aromatic heterocycles. The first-order valence-electron chi connectivity index (χ1n) is 9.40. The second kappa shape index (κ2) is 8.93. The van der Waals surface area contributed by atoms with Crippen molar-refractivity contribution in [3.63, 3.8) is 0 Å². The quantitative estimate of drug-likeness (QED) is 0.564. The van der Waals surface area contributed by atoms with Gasteiger partial charge in [-0.15, -0.1) is 0 Å². The Morgan fingerprint density at radius 3 is 2.63 bits per heavy atom. The standard InChI is InChI=1S/C21H31N3O2S/c1-15-11-18(17(3)19(12-15)22-7-10-27)14-23-8-9-24(16(2)13-23)20(25)26-21(4,5)6/h7,10-12,16H,8-9,13-14H2,1-6H3/t16-/m0/s1. The van der Waals surface area contributed by atoms with Crippen LogP contribution in [0.15, 0.2) is 17.1 Å². The molecule has 1 aliphatic heterocycles. The highest BCUT2D eigenvalue weighted by atomic mass is 32.1. The molecule has 5 nitrogen and oxygen atoms in total. The number of ether oxygens (including phenoxy) is 1. The number of hydrogen-bond acceptors (Lipinski definition) is 5. The monoisotopic (exact) mass is 389 g/mol. The Labute approximate surface area is 168 Å². The summed E-state index contributed by atoms with van der Waals surface area (Å²) in [6, 6.07) is 4.42. The Bertz CT molecular complexity index is 725. The van der Waals surface area contributed by atoms with E-state index in [4.69, 9.17) is 17.0 Å². The van der Waals surface area contributed by atoms with Gasteiger partial charge in [-0.2, -0.15) is 0 Å². The average Bonchev–Trinajstić information content (AvgIpc) is 2.55. The first-order chi connectivity index (χ1) is 12.6. The molecule has 0 N–H and O–H groups in total. The molecule has 0 spiro atoms. The summed E-state index contributed by atoms with van der Waals surface area (Å²) in [5.74, 6) is 0. The number of amides is 1. The molecule has 1 amide bonds. The average molecular weight is 390 g/mol. The van der Waals surface area contributed by atoms with Crippen LogP contribution >= 0.6 is 12.2 Å². The molecule has 1 atom stereocenters. The molecule has 1 aliphatic rings. The van der Waals surface area contributed by atoms with E-state index in [1.165, 1.54) is 22.1 Å². The molecule has 0 saturated carbocycles. The lowest BCUT2D eigenvalue weighted by Crippen LogP contribution is -2.54. The number of aryl methyl sites for hydroxylation is 1. The summed E-state index contributed by atoms with van der Waals surface area (Å²) in [6.45, 7) is 15.1. The Hall–Kier alpha value is -1.79. The van der Waals surface area contributed by atoms with Gasteiger partial charge in [0, 0.05) is 43.8 Å². The van der Waals surface area contributed by atoms with Gasteiger partial charge in [-0.3, -0.25) is 9.89 Å². The van der Waals surface area contributed by atoms with E-state index in [-0.39, 0.29) is 12.1 Å². The number of aliphatic imine (C=N–C) groups is 1. The van der Waals surface area contributed by atoms with E-state index in [0.29, 0.717) is 6.54 Å². The summed E-state index contributed by atoms with van der Waals surface area (Å²) in [5, 5.41) is 1.53. The zero-order valence-corrected chi connectivity index (χ0v) is 18.1. The lowest BCUT2D eigenvalue weighted by atomic mass is 10.0. The van der Waals surface area contributed by atoms with E-state index in [0.717, 1.165) is 25.3 Å². The van der Waals surface area contributed by atoms with Gasteiger partial charge in [0.1, 0.15) is 5.60 Å². The topological polar surface area (TPSA) is 45.1 Å². The van der Waals surface area contributed by atoms with Crippen LogP contribution in [0.2, 0.25) is 0 Å². The van der Waals surface area contributed by atoms with Gasteiger partial charge in [-0.25, -0.2) is 4.79 Å². The minimum atomic E-state index is -0.466. The van der Waals surface area contributed by atoms with Crippen molar-refractivity contribution in [1.82, 2.24) is 9.80 Å². The Morgan fingerprint density at radius 2 is 2.04 bits per heavy atom. The molecule has 6 heteroatoms. The first-order valence-corrected chi connectivity index (χ1v) is 9.88. The van der Waals surface area contributed by atoms with Crippen molar-refractivity contribution in [2.45, 2.75) is 59.7 Å². The number of benzene rings is 1. The molecule has 1 heterocycles. The van der Waals surface area contributed by atoms with Crippen molar-refractivity contribution in [3.8, 4) is 0 Å². The van der Waals surface area contributed by atoms with Crippen molar-refractivity contribution in [1.29, 1.82) is 0 Å². The van der Waals surface area contributed by atoms with E-state index < -0.39 is 5.60 Å². The maximum atomic E-state index is 12.4. The fourth-order valence-corrected chi connectivity index (χ4v) is 3.39. The SMILES string of the molecule is Cc1cc(CN2CCN(C(=O)OC(C)(C)C)[C@@H](C)C2)c(C)c(N=CC=S)c1. The summed E-state index contributed by atoms with van der Waals surface area (Å²) in [4.78, 5) is 21.1. The van der Waals surface area contributed by atoms with Crippen LogP contribution in [0.3, 0.4) is 0 Å². The van der Waals surface area contributed by atoms with Crippen molar-refractivity contribution >= 4 is 35.6 Å². The van der Waals surface area contributed by atoms with Gasteiger partial charge in [0.2, 0.25) is 0 Å². The van der Waals surface area contributed by atoms with Crippen molar-refractivity contribution in [3.05, 3.63) is 28.8 Å². The summed E-state index contributed by atoms with van der Waals surface area (Å²) in [7, 11) is 0. The smallest absolute Gasteiger partial charge is 0.410 e. The number of rotatable bonds is 4. The highest BCUT2D eigenvalue weighted by molar-refractivity contribution is 7.80. The third-order valence-corrected chi connectivity index (χ3v) is 4.76. The van der Waals surface area contributed by atoms with Crippen LogP contribution in [-0.2, 0) is 11.3 Å². The van der Waals surface area contributed by atoms with Gasteiger partial charge in [0.25, 0.3) is 0 Å². The van der Waals surface area contributed by atoms with Crippen LogP contribution in [0.1, 0.15) is 44.4 Å². The van der Waals surface area contributed by atoms with E-state index in [1.54, 1.807) is 6.21 Å². The van der Waals surface area contributed by atoms with Gasteiger partial charge in [0.15, 0.2) is 0 Å². The van der Waals surface area contributed by atoms with E-state index in [9.17, 15) is 4.79 Å². The second-order valence-electron chi connectivity index (χ2n) is 8.24. The van der Waals surface area contributed by atoms with Gasteiger partial charge in [-0.1, -0.05) is 18.3 Å². The largest absolute Gasteiger partial charge is 0.444 e. The number of thiocarbonyl (C=S) groups is 1. The Morgan fingerprint density at radius 1 is 1.33 bits per heavy atom. The third-order valence-electron chi connectivity index (χ3n) is 4.64. The predicted molar refractivity (Wildman–Crippen MR) is 115 cm³/mol. The molecule has 2 rings (SSSR count). The molecule has 0 bridgehead atoms. The number of hydrogen-bond donors (Lipinski definition) is 0. The van der Waals surface area contributed by atoms with Crippen molar-refractivity contribution in [2.24, 2.45) is 4.99 Å². The lowest BCUT2D eigenvalue weighted by molar-refractivity contribution is 0.000542. The molecule has 0 unspecified atom stereocenters. The number of nitrogens with zero attached hydrogens (tertiary/aromatic N) is 3. The summed E-state index contributed by atoms with van der Waals surface area (Å²) >= 11 is 4.84. The molecule has 0 radical (unpaired) electrons. The minimum absolute atomic E-state index is 0.117. The van der Waals surface area contributed by atoms with Crippen molar-refractivity contribution < 1.29 is 9.53 Å². The molecule has 27 heavy (non-hydrogen) atoms. The number of carbonyl (C=O) groups excluding carboxylic acids is 1. The normalized spacial score (nSPS) is 18.7. The number of carbonyl (C=O) groups is 1. The van der Waals surface area contributed by atoms with Crippen LogP contribution in [0.5, 0.6) is 0 Å². The Kier molecular flexibility index (Phi) is 7.12. The van der Waals surface area contributed by atoms with Crippen LogP contribution in [-0.4, -0.2) is 58.8 Å². The van der Waals surface area contributed by atoms with E-state index >= 15 is 0 Å². The van der Waals surface area contributed by atoms with Crippen LogP contribution < -0.4 is 0 Å². The molecular formula is C21H31N3O2S. The molecular weight excluding hydrogens is 358 g/mol. The zero-order valence-electron chi connectivity index (χ0n) is 17.3. The predicted octanol–water partition coefficient (Wildman–Crippen LogP) is 4.45. The third kappa shape index (κ3) is 6.11. The van der Waals surface area contributed by atoms with E-state index in [2.05, 4.69) is 42.8 Å². The van der Waals surface area contributed by atoms with Gasteiger partial charge < -0.3 is 9.64 Å².